The molecule has 7 atom stereocenters. The van der Waals surface area contributed by atoms with E-state index in [4.69, 9.17) is 11.6 Å². The predicted octanol–water partition coefficient (Wildman–Crippen LogP) is 5.02. The molecule has 1 amide bonds. The van der Waals surface area contributed by atoms with Crippen molar-refractivity contribution in [1.82, 2.24) is 10.2 Å². The summed E-state index contributed by atoms with van der Waals surface area (Å²) in [6.45, 7) is 0.871. The lowest BCUT2D eigenvalue weighted by Gasteiger charge is -2.38. The first-order valence-electron chi connectivity index (χ1n) is 11.9. The zero-order valence-electron chi connectivity index (χ0n) is 17.2. The van der Waals surface area contributed by atoms with Crippen molar-refractivity contribution >= 4 is 17.5 Å². The lowest BCUT2D eigenvalue weighted by atomic mass is 9.76. The number of amides is 1. The Morgan fingerprint density at radius 1 is 0.897 bits per heavy atom. The molecule has 1 heterocycles. The van der Waals surface area contributed by atoms with Gasteiger partial charge in [-0.2, -0.15) is 0 Å². The van der Waals surface area contributed by atoms with Gasteiger partial charge >= 0.3 is 0 Å². The predicted molar refractivity (Wildman–Crippen MR) is 116 cm³/mol. The van der Waals surface area contributed by atoms with Crippen LogP contribution in [0.4, 0.5) is 0 Å². The van der Waals surface area contributed by atoms with Gasteiger partial charge in [0.2, 0.25) is 5.91 Å². The molecular formula is C25H33ClN2O. The van der Waals surface area contributed by atoms with Gasteiger partial charge in [0.15, 0.2) is 0 Å². The first kappa shape index (κ1) is 18.7. The first-order chi connectivity index (χ1) is 14.1. The topological polar surface area (TPSA) is 32.3 Å². The molecule has 4 heteroatoms. The average molecular weight is 413 g/mol. The lowest BCUT2D eigenvalue weighted by molar-refractivity contribution is -0.129. The molecule has 1 N–H and O–H groups in total. The lowest BCUT2D eigenvalue weighted by Crippen LogP contribution is -2.53. The summed E-state index contributed by atoms with van der Waals surface area (Å²) in [6.07, 6.45) is 11.9. The number of hydrogen-bond donors (Lipinski definition) is 1. The molecule has 4 aliphatic carbocycles. The summed E-state index contributed by atoms with van der Waals surface area (Å²) in [5.74, 6) is 4.65. The van der Waals surface area contributed by atoms with Crippen LogP contribution in [0.5, 0.6) is 0 Å². The number of carbonyl (C=O) groups excluding carboxylic acids is 1. The Labute approximate surface area is 179 Å². The van der Waals surface area contributed by atoms with E-state index in [1.165, 1.54) is 63.4 Å². The van der Waals surface area contributed by atoms with Gasteiger partial charge in [-0.15, -0.1) is 0 Å². The number of halogens is 1. The van der Waals surface area contributed by atoms with Crippen LogP contribution in [0.3, 0.4) is 0 Å². The number of rotatable bonds is 4. The van der Waals surface area contributed by atoms with E-state index in [0.717, 1.165) is 35.2 Å². The molecule has 4 unspecified atom stereocenters. The van der Waals surface area contributed by atoms with Gasteiger partial charge in [0.25, 0.3) is 0 Å². The van der Waals surface area contributed by atoms with Crippen LogP contribution in [0.25, 0.3) is 0 Å². The molecule has 5 fully saturated rings. The average Bonchev–Trinajstić information content (AvgIpc) is 3.12. The quantitative estimate of drug-likeness (QED) is 0.752. The fourth-order valence-electron chi connectivity index (χ4n) is 7.57. The third-order valence-electron chi connectivity index (χ3n) is 8.86. The van der Waals surface area contributed by atoms with E-state index in [1.54, 1.807) is 0 Å². The molecule has 4 saturated carbocycles. The summed E-state index contributed by atoms with van der Waals surface area (Å²) < 4.78 is 0. The molecule has 0 radical (unpaired) electrons. The van der Waals surface area contributed by atoms with Gasteiger partial charge in [0, 0.05) is 23.7 Å². The number of benzene rings is 1. The largest absolute Gasteiger partial charge is 0.352 e. The van der Waals surface area contributed by atoms with E-state index in [9.17, 15) is 4.79 Å². The molecule has 5 aliphatic rings. The van der Waals surface area contributed by atoms with Crippen LogP contribution in [0.15, 0.2) is 24.3 Å². The van der Waals surface area contributed by atoms with Crippen molar-refractivity contribution in [3.05, 3.63) is 34.9 Å². The van der Waals surface area contributed by atoms with E-state index in [1.807, 2.05) is 12.1 Å². The van der Waals surface area contributed by atoms with Crippen LogP contribution in [0.2, 0.25) is 5.02 Å². The SMILES string of the molecule is O=C(NC1CC2CC(C1)CC1CC1C2)[C@@H]1[C@H]2CC[C@H](C2)N1Cc1ccc(Cl)cc1. The minimum atomic E-state index is 0.0711. The van der Waals surface area contributed by atoms with Crippen LogP contribution in [-0.2, 0) is 11.3 Å². The van der Waals surface area contributed by atoms with Crippen molar-refractivity contribution in [2.75, 3.05) is 0 Å². The zero-order chi connectivity index (χ0) is 19.5. The molecule has 1 saturated heterocycles. The number of likely N-dealkylation sites (tertiary alicyclic amines) is 1. The van der Waals surface area contributed by atoms with Crippen molar-refractivity contribution in [3.63, 3.8) is 0 Å². The highest BCUT2D eigenvalue weighted by molar-refractivity contribution is 6.30. The van der Waals surface area contributed by atoms with E-state index in [2.05, 4.69) is 22.3 Å². The Morgan fingerprint density at radius 2 is 1.62 bits per heavy atom. The number of fused-ring (bicyclic) bond motifs is 5. The summed E-state index contributed by atoms with van der Waals surface area (Å²) in [7, 11) is 0. The molecule has 29 heavy (non-hydrogen) atoms. The molecule has 1 aromatic rings. The van der Waals surface area contributed by atoms with Crippen LogP contribution < -0.4 is 5.32 Å². The third kappa shape index (κ3) is 3.63. The molecule has 0 spiro atoms. The van der Waals surface area contributed by atoms with Gasteiger partial charge in [-0.3, -0.25) is 9.69 Å². The number of nitrogens with one attached hydrogen (secondary N) is 1. The highest BCUT2D eigenvalue weighted by Gasteiger charge is 2.50. The molecule has 0 aromatic heterocycles. The fraction of sp³-hybridized carbons (Fsp3) is 0.720. The van der Waals surface area contributed by atoms with Crippen LogP contribution in [0, 0.1) is 29.6 Å². The smallest absolute Gasteiger partial charge is 0.237 e. The third-order valence-corrected chi connectivity index (χ3v) is 9.11. The van der Waals surface area contributed by atoms with Gasteiger partial charge in [-0.1, -0.05) is 23.7 Å². The van der Waals surface area contributed by atoms with Crippen LogP contribution in [0.1, 0.15) is 63.4 Å². The molecule has 1 aromatic carbocycles. The Bertz CT molecular complexity index is 758. The summed E-state index contributed by atoms with van der Waals surface area (Å²) in [5, 5.41) is 4.33. The number of nitrogens with zero attached hydrogens (tertiary/aromatic N) is 1. The van der Waals surface area contributed by atoms with E-state index >= 15 is 0 Å². The van der Waals surface area contributed by atoms with Gasteiger partial charge in [-0.25, -0.2) is 0 Å². The summed E-state index contributed by atoms with van der Waals surface area (Å²) >= 11 is 6.06. The second-order valence-corrected chi connectivity index (χ2v) is 11.3. The maximum Gasteiger partial charge on any atom is 0.237 e. The number of hydrogen-bond acceptors (Lipinski definition) is 2. The van der Waals surface area contributed by atoms with Crippen LogP contribution in [-0.4, -0.2) is 28.9 Å². The highest BCUT2D eigenvalue weighted by Crippen LogP contribution is 2.54. The van der Waals surface area contributed by atoms with Crippen molar-refractivity contribution in [1.29, 1.82) is 0 Å². The van der Waals surface area contributed by atoms with E-state index < -0.39 is 0 Å². The number of piperidine rings is 1. The van der Waals surface area contributed by atoms with Crippen molar-refractivity contribution < 1.29 is 4.79 Å². The Morgan fingerprint density at radius 3 is 2.34 bits per heavy atom. The molecule has 156 valence electrons. The fourth-order valence-corrected chi connectivity index (χ4v) is 7.69. The van der Waals surface area contributed by atoms with E-state index in [0.29, 0.717) is 23.9 Å². The maximum atomic E-state index is 13.5. The summed E-state index contributed by atoms with van der Waals surface area (Å²) in [6, 6.07) is 9.22. The Kier molecular flexibility index (Phi) is 4.68. The first-order valence-corrected chi connectivity index (χ1v) is 12.3. The molecule has 6 rings (SSSR count). The van der Waals surface area contributed by atoms with Crippen molar-refractivity contribution in [3.8, 4) is 0 Å². The zero-order valence-corrected chi connectivity index (χ0v) is 18.0. The normalized spacial score (nSPS) is 42.9. The Balaban J connectivity index is 1.14. The number of carbonyl (C=O) groups is 1. The van der Waals surface area contributed by atoms with Crippen molar-refractivity contribution in [2.24, 2.45) is 29.6 Å². The minimum absolute atomic E-state index is 0.0711. The van der Waals surface area contributed by atoms with Gasteiger partial charge < -0.3 is 5.32 Å². The molecule has 3 nitrogen and oxygen atoms in total. The molecule has 1 aliphatic heterocycles. The van der Waals surface area contributed by atoms with Gasteiger partial charge in [0.1, 0.15) is 0 Å². The minimum Gasteiger partial charge on any atom is -0.352 e. The molecular weight excluding hydrogens is 380 g/mol. The highest BCUT2D eigenvalue weighted by atomic mass is 35.5. The van der Waals surface area contributed by atoms with Gasteiger partial charge in [0.05, 0.1) is 6.04 Å². The van der Waals surface area contributed by atoms with E-state index in [-0.39, 0.29) is 6.04 Å². The standard InChI is InChI=1S/C25H33ClN2O/c26-21-4-1-15(2-5-21)14-28-23-6-3-18(13-23)24(28)25(29)27-22-10-16-7-17(11-22)9-20-12-19(20)8-16/h1-2,4-5,16-20,22-24H,3,6-14H2,(H,27,29)/t16?,17?,18-,19?,20?,22?,23+,24-/m0/s1. The monoisotopic (exact) mass is 412 g/mol. The second-order valence-electron chi connectivity index (χ2n) is 10.8. The van der Waals surface area contributed by atoms with Crippen molar-refractivity contribution in [2.45, 2.75) is 82.5 Å². The van der Waals surface area contributed by atoms with Crippen LogP contribution >= 0.6 is 11.6 Å². The Hall–Kier alpha value is -1.06. The second kappa shape index (κ2) is 7.27. The maximum absolute atomic E-state index is 13.5. The summed E-state index contributed by atoms with van der Waals surface area (Å²) in [5.41, 5.74) is 1.27. The summed E-state index contributed by atoms with van der Waals surface area (Å²) in [4.78, 5) is 16.0. The van der Waals surface area contributed by atoms with Gasteiger partial charge in [-0.05, 0) is 105 Å². The molecule has 4 bridgehead atoms.